The van der Waals surface area contributed by atoms with E-state index in [1.807, 2.05) is 39.3 Å². The van der Waals surface area contributed by atoms with Gasteiger partial charge >= 0.3 is 5.97 Å². The summed E-state index contributed by atoms with van der Waals surface area (Å²) in [5.74, 6) is 2.26. The maximum atomic E-state index is 10.6. The van der Waals surface area contributed by atoms with Gasteiger partial charge in [-0.2, -0.15) is 0 Å². The first-order valence-electron chi connectivity index (χ1n) is 7.14. The first-order valence-corrected chi connectivity index (χ1v) is 7.14. The molecule has 1 rings (SSSR count). The molecule has 0 radical (unpaired) electrons. The zero-order valence-corrected chi connectivity index (χ0v) is 13.5. The van der Waals surface area contributed by atoms with Gasteiger partial charge in [0.25, 0.3) is 0 Å². The van der Waals surface area contributed by atoms with Crippen molar-refractivity contribution in [2.24, 2.45) is 0 Å². The molecule has 0 fully saturated rings. The first kappa shape index (κ1) is 18.0. The number of nitrogens with zero attached hydrogens (tertiary/aromatic N) is 2. The van der Waals surface area contributed by atoms with Crippen LogP contribution in [0.4, 0.5) is 0 Å². The first-order chi connectivity index (χ1) is 10.4. The smallest absolute Gasteiger partial charge is 0.341 e. The minimum atomic E-state index is -0.982. The van der Waals surface area contributed by atoms with Crippen molar-refractivity contribution in [1.29, 1.82) is 0 Å². The van der Waals surface area contributed by atoms with Crippen LogP contribution in [0.25, 0.3) is 0 Å². The van der Waals surface area contributed by atoms with E-state index < -0.39 is 5.97 Å². The molecule has 0 saturated heterocycles. The van der Waals surface area contributed by atoms with Crippen molar-refractivity contribution in [3.8, 4) is 18.1 Å². The Kier molecular flexibility index (Phi) is 7.44. The molecule has 0 saturated carbocycles. The van der Waals surface area contributed by atoms with Crippen LogP contribution in [0.2, 0.25) is 0 Å². The summed E-state index contributed by atoms with van der Waals surface area (Å²) in [5.41, 5.74) is 1.10. The van der Waals surface area contributed by atoms with Crippen LogP contribution in [-0.4, -0.2) is 67.8 Å². The maximum absolute atomic E-state index is 10.6. The average molecular weight is 304 g/mol. The molecule has 0 amide bonds. The number of ether oxygens (including phenoxy) is 1. The van der Waals surface area contributed by atoms with Crippen LogP contribution in [0.5, 0.6) is 5.75 Å². The van der Waals surface area contributed by atoms with Crippen LogP contribution < -0.4 is 4.74 Å². The van der Waals surface area contributed by atoms with Crippen LogP contribution >= 0.6 is 0 Å². The highest BCUT2D eigenvalue weighted by Crippen LogP contribution is 2.16. The van der Waals surface area contributed by atoms with Crippen LogP contribution in [-0.2, 0) is 11.2 Å². The molecule has 0 spiro atoms. The Labute approximate surface area is 132 Å². The van der Waals surface area contributed by atoms with Crippen LogP contribution in [0, 0.1) is 12.3 Å². The maximum Gasteiger partial charge on any atom is 0.341 e. The summed E-state index contributed by atoms with van der Waals surface area (Å²) < 4.78 is 5.22. The molecule has 0 aliphatic rings. The third-order valence-corrected chi connectivity index (χ3v) is 3.27. The second-order valence-electron chi connectivity index (χ2n) is 5.57. The number of rotatable bonds is 9. The average Bonchev–Trinajstić information content (AvgIpc) is 2.44. The molecule has 5 heteroatoms. The molecule has 1 aromatic rings. The van der Waals surface area contributed by atoms with Crippen molar-refractivity contribution in [3.05, 3.63) is 29.8 Å². The number of benzene rings is 1. The highest BCUT2D eigenvalue weighted by atomic mass is 16.5. The lowest BCUT2D eigenvalue weighted by Gasteiger charge is -2.29. The second kappa shape index (κ2) is 9.08. The molecule has 1 aromatic carbocycles. The van der Waals surface area contributed by atoms with Gasteiger partial charge in [-0.25, -0.2) is 4.79 Å². The summed E-state index contributed by atoms with van der Waals surface area (Å²) >= 11 is 0. The molecule has 0 unspecified atom stereocenters. The number of hydrogen-bond donors (Lipinski definition) is 1. The van der Waals surface area contributed by atoms with E-state index in [-0.39, 0.29) is 12.6 Å². The second-order valence-corrected chi connectivity index (χ2v) is 5.57. The monoisotopic (exact) mass is 304 g/mol. The zero-order valence-electron chi connectivity index (χ0n) is 13.5. The van der Waals surface area contributed by atoms with E-state index in [4.69, 9.17) is 16.3 Å². The summed E-state index contributed by atoms with van der Waals surface area (Å²) in [7, 11) is 6.07. The molecule has 0 aromatic heterocycles. The Morgan fingerprint density at radius 1 is 1.41 bits per heavy atom. The topological polar surface area (TPSA) is 53.0 Å². The van der Waals surface area contributed by atoms with Crippen molar-refractivity contribution in [2.75, 3.05) is 40.8 Å². The van der Waals surface area contributed by atoms with E-state index in [0.717, 1.165) is 18.5 Å². The van der Waals surface area contributed by atoms with E-state index >= 15 is 0 Å². The van der Waals surface area contributed by atoms with Crippen LogP contribution in [0.3, 0.4) is 0 Å². The van der Waals surface area contributed by atoms with Gasteiger partial charge in [0.15, 0.2) is 6.61 Å². The normalized spacial score (nSPS) is 12.2. The van der Waals surface area contributed by atoms with Gasteiger partial charge in [0.05, 0.1) is 6.54 Å². The summed E-state index contributed by atoms with van der Waals surface area (Å²) in [6, 6.07) is 7.81. The number of hydrogen-bond acceptors (Lipinski definition) is 4. The van der Waals surface area contributed by atoms with E-state index in [1.165, 1.54) is 0 Å². The van der Waals surface area contributed by atoms with Crippen molar-refractivity contribution in [3.63, 3.8) is 0 Å². The van der Waals surface area contributed by atoms with Gasteiger partial charge in [-0.1, -0.05) is 18.1 Å². The molecule has 0 aliphatic carbocycles. The Bertz CT molecular complexity index is 523. The molecule has 120 valence electrons. The van der Waals surface area contributed by atoms with Crippen LogP contribution in [0.1, 0.15) is 5.56 Å². The van der Waals surface area contributed by atoms with Crippen molar-refractivity contribution in [1.82, 2.24) is 9.80 Å². The molecular formula is C17H24N2O3. The highest BCUT2D eigenvalue weighted by molar-refractivity contribution is 5.68. The summed E-state index contributed by atoms with van der Waals surface area (Å²) in [6.07, 6.45) is 6.22. The number of carboxylic acids is 1. The van der Waals surface area contributed by atoms with Gasteiger partial charge in [0, 0.05) is 12.6 Å². The minimum Gasteiger partial charge on any atom is -0.482 e. The molecule has 5 nitrogen and oxygen atoms in total. The minimum absolute atomic E-state index is 0.278. The van der Waals surface area contributed by atoms with E-state index in [0.29, 0.717) is 12.3 Å². The number of terminal acetylenes is 1. The molecule has 1 atom stereocenters. The van der Waals surface area contributed by atoms with Gasteiger partial charge in [0.2, 0.25) is 0 Å². The van der Waals surface area contributed by atoms with Crippen molar-refractivity contribution >= 4 is 5.97 Å². The summed E-state index contributed by atoms with van der Waals surface area (Å²) in [4.78, 5) is 14.8. The molecule has 22 heavy (non-hydrogen) atoms. The Hall–Kier alpha value is -2.03. The largest absolute Gasteiger partial charge is 0.482 e. The molecule has 0 aliphatic heterocycles. The lowest BCUT2D eigenvalue weighted by atomic mass is 10.0. The Morgan fingerprint density at radius 2 is 2.14 bits per heavy atom. The van der Waals surface area contributed by atoms with E-state index in [1.54, 1.807) is 6.07 Å². The standard InChI is InChI=1S/C17H24N2O3/c1-5-9-19(4)15(12-18(2)3)10-14-7-6-8-16(11-14)22-13-17(20)21/h1,6-8,11,15H,9-10,12-13H2,2-4H3,(H,20,21)/t15-/m0/s1. The predicted molar refractivity (Wildman–Crippen MR) is 87.1 cm³/mol. The van der Waals surface area contributed by atoms with E-state index in [2.05, 4.69) is 15.7 Å². The van der Waals surface area contributed by atoms with Gasteiger partial charge < -0.3 is 14.7 Å². The van der Waals surface area contributed by atoms with Gasteiger partial charge in [-0.3, -0.25) is 4.90 Å². The number of likely N-dealkylation sites (N-methyl/N-ethyl adjacent to an activating group) is 2. The quantitative estimate of drug-likeness (QED) is 0.695. The Balaban J connectivity index is 2.77. The number of carbonyl (C=O) groups is 1. The third-order valence-electron chi connectivity index (χ3n) is 3.27. The lowest BCUT2D eigenvalue weighted by molar-refractivity contribution is -0.139. The highest BCUT2D eigenvalue weighted by Gasteiger charge is 2.16. The summed E-state index contributed by atoms with van der Waals surface area (Å²) in [5, 5.41) is 8.66. The molecule has 0 bridgehead atoms. The van der Waals surface area contributed by atoms with Crippen molar-refractivity contribution < 1.29 is 14.6 Å². The third kappa shape index (κ3) is 6.61. The fraction of sp³-hybridized carbons (Fsp3) is 0.471. The molecule has 1 N–H and O–H groups in total. The number of carboxylic acid groups (broad SMARTS) is 1. The lowest BCUT2D eigenvalue weighted by Crippen LogP contribution is -2.41. The van der Waals surface area contributed by atoms with Gasteiger partial charge in [0.1, 0.15) is 5.75 Å². The molecular weight excluding hydrogens is 280 g/mol. The summed E-state index contributed by atoms with van der Waals surface area (Å²) in [6.45, 7) is 1.15. The number of aliphatic carboxylic acids is 1. The fourth-order valence-electron chi connectivity index (χ4n) is 2.23. The van der Waals surface area contributed by atoms with E-state index in [9.17, 15) is 4.79 Å². The van der Waals surface area contributed by atoms with Gasteiger partial charge in [-0.05, 0) is 45.3 Å². The SMILES string of the molecule is C#CCN(C)[C@@H](Cc1cccc(OCC(=O)O)c1)CN(C)C. The van der Waals surface area contributed by atoms with Crippen molar-refractivity contribution in [2.45, 2.75) is 12.5 Å². The zero-order chi connectivity index (χ0) is 16.5. The fourth-order valence-corrected chi connectivity index (χ4v) is 2.23. The Morgan fingerprint density at radius 3 is 2.73 bits per heavy atom. The molecule has 0 heterocycles. The van der Waals surface area contributed by atoms with Gasteiger partial charge in [-0.15, -0.1) is 6.42 Å². The van der Waals surface area contributed by atoms with Crippen LogP contribution in [0.15, 0.2) is 24.3 Å². The predicted octanol–water partition coefficient (Wildman–Crippen LogP) is 1.19.